The van der Waals surface area contributed by atoms with Crippen LogP contribution in [-0.4, -0.2) is 35.9 Å². The van der Waals surface area contributed by atoms with Crippen molar-refractivity contribution in [2.75, 3.05) is 26.1 Å². The summed E-state index contributed by atoms with van der Waals surface area (Å²) in [5.74, 6) is 0.918. The van der Waals surface area contributed by atoms with Crippen LogP contribution in [-0.2, 0) is 0 Å². The molecule has 0 aliphatic carbocycles. The zero-order valence-electron chi connectivity index (χ0n) is 14.4. The van der Waals surface area contributed by atoms with E-state index in [0.29, 0.717) is 0 Å². The molecule has 0 bridgehead atoms. The molecule has 1 N–H and O–H groups in total. The molecule has 126 valence electrons. The van der Waals surface area contributed by atoms with Crippen LogP contribution in [0, 0.1) is 0 Å². The zero-order chi connectivity index (χ0) is 17.6. The zero-order valence-corrected chi connectivity index (χ0v) is 14.4. The predicted molar refractivity (Wildman–Crippen MR) is 101 cm³/mol. The van der Waals surface area contributed by atoms with Gasteiger partial charge in [0.1, 0.15) is 5.75 Å². The Hall–Kier alpha value is -3.21. The van der Waals surface area contributed by atoms with E-state index in [-0.39, 0.29) is 5.88 Å². The van der Waals surface area contributed by atoms with Gasteiger partial charge in [0.25, 0.3) is 0 Å². The molecule has 0 radical (unpaired) electrons. The Morgan fingerprint density at radius 3 is 2.64 bits per heavy atom. The van der Waals surface area contributed by atoms with Crippen molar-refractivity contribution in [3.8, 4) is 17.3 Å². The summed E-state index contributed by atoms with van der Waals surface area (Å²) in [4.78, 5) is 6.49. The van der Waals surface area contributed by atoms with Gasteiger partial charge in [-0.1, -0.05) is 0 Å². The number of aromatic hydroxyl groups is 1. The summed E-state index contributed by atoms with van der Waals surface area (Å²) in [5.41, 5.74) is 2.90. The van der Waals surface area contributed by atoms with Crippen molar-refractivity contribution in [3.63, 3.8) is 0 Å². The van der Waals surface area contributed by atoms with Gasteiger partial charge in [-0.2, -0.15) is 0 Å². The monoisotopic (exact) mass is 333 g/mol. The number of anilines is 1. The first-order chi connectivity index (χ1) is 12.1. The lowest BCUT2D eigenvalue weighted by Gasteiger charge is -2.16. The minimum atomic E-state index is 0.198. The van der Waals surface area contributed by atoms with Gasteiger partial charge in [-0.05, 0) is 42.5 Å². The Balaban J connectivity index is 1.94. The molecule has 2 aromatic heterocycles. The highest BCUT2D eigenvalue weighted by Gasteiger charge is 2.12. The number of methoxy groups -OCH3 is 1. The maximum atomic E-state index is 10.7. The summed E-state index contributed by atoms with van der Waals surface area (Å²) < 4.78 is 7.05. The molecule has 0 spiro atoms. The van der Waals surface area contributed by atoms with Crippen LogP contribution in [0.15, 0.2) is 54.9 Å². The van der Waals surface area contributed by atoms with Crippen molar-refractivity contribution >= 4 is 27.4 Å². The fourth-order valence-corrected chi connectivity index (χ4v) is 3.15. The lowest BCUT2D eigenvalue weighted by atomic mass is 10.1. The van der Waals surface area contributed by atoms with E-state index in [9.17, 15) is 5.11 Å². The Kier molecular flexibility index (Phi) is 3.50. The quantitative estimate of drug-likeness (QED) is 0.616. The number of aromatic nitrogens is 2. The molecule has 0 fully saturated rings. The summed E-state index contributed by atoms with van der Waals surface area (Å²) in [6.07, 6.45) is 3.74. The van der Waals surface area contributed by atoms with Gasteiger partial charge in [-0.3, -0.25) is 9.55 Å². The molecule has 5 heteroatoms. The van der Waals surface area contributed by atoms with Crippen LogP contribution in [0.1, 0.15) is 0 Å². The second-order valence-corrected chi connectivity index (χ2v) is 6.20. The largest absolute Gasteiger partial charge is 0.497 e. The van der Waals surface area contributed by atoms with Gasteiger partial charge >= 0.3 is 0 Å². The number of hydrogen-bond donors (Lipinski definition) is 1. The summed E-state index contributed by atoms with van der Waals surface area (Å²) in [5, 5.41) is 13.5. The SMILES string of the molecule is COc1ccc2cn(-c3ccc4nccc(N(C)C)c4c3)c(O)c2c1. The van der Waals surface area contributed by atoms with Crippen LogP contribution in [0.4, 0.5) is 5.69 Å². The molecule has 4 aromatic rings. The first kappa shape index (κ1) is 15.3. The van der Waals surface area contributed by atoms with Gasteiger partial charge in [-0.15, -0.1) is 0 Å². The third kappa shape index (κ3) is 2.45. The Morgan fingerprint density at radius 2 is 1.88 bits per heavy atom. The number of nitrogens with zero attached hydrogens (tertiary/aromatic N) is 3. The van der Waals surface area contributed by atoms with Crippen molar-refractivity contribution in [1.29, 1.82) is 0 Å². The number of pyridine rings is 1. The van der Waals surface area contributed by atoms with Gasteiger partial charge < -0.3 is 14.7 Å². The summed E-state index contributed by atoms with van der Waals surface area (Å²) in [6, 6.07) is 13.7. The summed E-state index contributed by atoms with van der Waals surface area (Å²) >= 11 is 0. The van der Waals surface area contributed by atoms with E-state index < -0.39 is 0 Å². The van der Waals surface area contributed by atoms with Gasteiger partial charge in [0, 0.05) is 54.0 Å². The molecular weight excluding hydrogens is 314 g/mol. The van der Waals surface area contributed by atoms with E-state index in [1.807, 2.05) is 69.0 Å². The average molecular weight is 333 g/mol. The molecular formula is C20H19N3O2. The molecule has 2 heterocycles. The molecule has 0 aliphatic rings. The van der Waals surface area contributed by atoms with Crippen LogP contribution in [0.3, 0.4) is 0 Å². The van der Waals surface area contributed by atoms with E-state index in [2.05, 4.69) is 9.88 Å². The van der Waals surface area contributed by atoms with E-state index in [1.165, 1.54) is 0 Å². The van der Waals surface area contributed by atoms with Gasteiger partial charge in [0.05, 0.1) is 12.6 Å². The number of rotatable bonds is 3. The van der Waals surface area contributed by atoms with Crippen molar-refractivity contribution in [2.24, 2.45) is 0 Å². The predicted octanol–water partition coefficient (Wildman–Crippen LogP) is 3.96. The van der Waals surface area contributed by atoms with Crippen LogP contribution in [0.2, 0.25) is 0 Å². The highest BCUT2D eigenvalue weighted by Crippen LogP contribution is 2.34. The number of fused-ring (bicyclic) bond motifs is 2. The number of hydrogen-bond acceptors (Lipinski definition) is 4. The molecule has 0 amide bonds. The molecule has 0 saturated carbocycles. The first-order valence-electron chi connectivity index (χ1n) is 8.03. The maximum absolute atomic E-state index is 10.7. The van der Waals surface area contributed by atoms with Crippen LogP contribution in [0.25, 0.3) is 27.4 Å². The molecule has 0 saturated heterocycles. The highest BCUT2D eigenvalue weighted by molar-refractivity contribution is 5.94. The summed E-state index contributed by atoms with van der Waals surface area (Å²) in [7, 11) is 5.64. The fourth-order valence-electron chi connectivity index (χ4n) is 3.15. The number of benzene rings is 2. The van der Waals surface area contributed by atoms with Crippen LogP contribution >= 0.6 is 0 Å². The van der Waals surface area contributed by atoms with Gasteiger partial charge in [0.15, 0.2) is 0 Å². The second kappa shape index (κ2) is 5.70. The molecule has 5 nitrogen and oxygen atoms in total. The summed E-state index contributed by atoms with van der Waals surface area (Å²) in [6.45, 7) is 0. The van der Waals surface area contributed by atoms with E-state index in [4.69, 9.17) is 4.74 Å². The lowest BCUT2D eigenvalue weighted by Crippen LogP contribution is -2.09. The highest BCUT2D eigenvalue weighted by atomic mass is 16.5. The molecule has 2 aromatic carbocycles. The Morgan fingerprint density at radius 1 is 1.04 bits per heavy atom. The topological polar surface area (TPSA) is 50.5 Å². The smallest absolute Gasteiger partial charge is 0.203 e. The molecule has 4 rings (SSSR count). The third-order valence-electron chi connectivity index (χ3n) is 4.46. The standard InChI is InChI=1S/C20H19N3O2/c1-22(2)19-8-9-21-18-7-5-14(10-17(18)19)23-12-13-4-6-15(25-3)11-16(13)20(23)24/h4-12,24H,1-3H3. The van der Waals surface area contributed by atoms with Crippen molar-refractivity contribution < 1.29 is 9.84 Å². The molecule has 0 aliphatic heterocycles. The fraction of sp³-hybridized carbons (Fsp3) is 0.150. The van der Waals surface area contributed by atoms with Crippen LogP contribution < -0.4 is 9.64 Å². The van der Waals surface area contributed by atoms with E-state index in [1.54, 1.807) is 11.7 Å². The van der Waals surface area contributed by atoms with Gasteiger partial charge in [0.2, 0.25) is 5.88 Å². The minimum Gasteiger partial charge on any atom is -0.497 e. The second-order valence-electron chi connectivity index (χ2n) is 6.20. The average Bonchev–Trinajstić information content (AvgIpc) is 2.96. The Labute approximate surface area is 145 Å². The molecule has 0 unspecified atom stereocenters. The molecule has 0 atom stereocenters. The molecule has 25 heavy (non-hydrogen) atoms. The van der Waals surface area contributed by atoms with E-state index in [0.717, 1.165) is 38.8 Å². The van der Waals surface area contributed by atoms with Crippen molar-refractivity contribution in [2.45, 2.75) is 0 Å². The normalized spacial score (nSPS) is 11.2. The van der Waals surface area contributed by atoms with Crippen molar-refractivity contribution in [1.82, 2.24) is 9.55 Å². The maximum Gasteiger partial charge on any atom is 0.203 e. The Bertz CT molecular complexity index is 1080. The minimum absolute atomic E-state index is 0.198. The van der Waals surface area contributed by atoms with Crippen molar-refractivity contribution in [3.05, 3.63) is 54.9 Å². The van der Waals surface area contributed by atoms with Crippen LogP contribution in [0.5, 0.6) is 11.6 Å². The third-order valence-corrected chi connectivity index (χ3v) is 4.46. The van der Waals surface area contributed by atoms with Gasteiger partial charge in [-0.25, -0.2) is 0 Å². The number of ether oxygens (including phenoxy) is 1. The van der Waals surface area contributed by atoms with E-state index >= 15 is 0 Å². The first-order valence-corrected chi connectivity index (χ1v) is 8.03. The lowest BCUT2D eigenvalue weighted by molar-refractivity contribution is 0.414.